The summed E-state index contributed by atoms with van der Waals surface area (Å²) in [6.45, 7) is 0. The summed E-state index contributed by atoms with van der Waals surface area (Å²) < 4.78 is 5.48. The SMILES string of the molecule is [c]1ccccc1-c1cccc2ccoc12. The smallest absolute Gasteiger partial charge is 0.141 e. The van der Waals surface area contributed by atoms with Crippen molar-refractivity contribution in [2.75, 3.05) is 0 Å². The fraction of sp³-hybridized carbons (Fsp3) is 0. The molecular weight excluding hydrogens is 184 g/mol. The average molecular weight is 193 g/mol. The van der Waals surface area contributed by atoms with Crippen LogP contribution in [0.2, 0.25) is 0 Å². The Morgan fingerprint density at radius 2 is 1.93 bits per heavy atom. The maximum absolute atomic E-state index is 5.48. The second-order valence-electron chi connectivity index (χ2n) is 3.42. The Morgan fingerprint density at radius 3 is 2.80 bits per heavy atom. The van der Waals surface area contributed by atoms with Gasteiger partial charge in [0.25, 0.3) is 0 Å². The predicted molar refractivity (Wildman–Crippen MR) is 60.5 cm³/mol. The van der Waals surface area contributed by atoms with Gasteiger partial charge in [0.15, 0.2) is 0 Å². The molecule has 0 amide bonds. The molecule has 1 radical (unpaired) electrons. The zero-order valence-electron chi connectivity index (χ0n) is 8.10. The number of hydrogen-bond donors (Lipinski definition) is 0. The van der Waals surface area contributed by atoms with Crippen LogP contribution in [0, 0.1) is 6.07 Å². The Labute approximate surface area is 88.0 Å². The van der Waals surface area contributed by atoms with Gasteiger partial charge >= 0.3 is 0 Å². The summed E-state index contributed by atoms with van der Waals surface area (Å²) in [5.74, 6) is 0. The second-order valence-corrected chi connectivity index (χ2v) is 3.42. The van der Waals surface area contributed by atoms with Gasteiger partial charge in [0.05, 0.1) is 6.26 Å². The van der Waals surface area contributed by atoms with Crippen LogP contribution in [0.25, 0.3) is 22.1 Å². The molecule has 3 rings (SSSR count). The second kappa shape index (κ2) is 3.28. The standard InChI is InChI=1S/C14H9O/c1-2-5-11(6-3-1)13-8-4-7-12-9-10-15-14(12)13/h1-5,7-10H. The van der Waals surface area contributed by atoms with E-state index < -0.39 is 0 Å². The van der Waals surface area contributed by atoms with Crippen molar-refractivity contribution in [3.63, 3.8) is 0 Å². The Kier molecular flexibility index (Phi) is 1.82. The monoisotopic (exact) mass is 193 g/mol. The van der Waals surface area contributed by atoms with Gasteiger partial charge in [0, 0.05) is 10.9 Å². The Balaban J connectivity index is 2.31. The largest absolute Gasteiger partial charge is 0.464 e. The molecule has 0 aliphatic heterocycles. The third-order valence-corrected chi connectivity index (χ3v) is 2.48. The molecule has 3 aromatic rings. The van der Waals surface area contributed by atoms with Gasteiger partial charge < -0.3 is 4.42 Å². The van der Waals surface area contributed by atoms with Crippen molar-refractivity contribution in [3.8, 4) is 11.1 Å². The van der Waals surface area contributed by atoms with E-state index in [4.69, 9.17) is 4.42 Å². The summed E-state index contributed by atoms with van der Waals surface area (Å²) in [4.78, 5) is 0. The summed E-state index contributed by atoms with van der Waals surface area (Å²) >= 11 is 0. The van der Waals surface area contributed by atoms with Crippen LogP contribution in [0.15, 0.2) is 59.2 Å². The van der Waals surface area contributed by atoms with Gasteiger partial charge in [0.1, 0.15) is 5.58 Å². The predicted octanol–water partition coefficient (Wildman–Crippen LogP) is 3.90. The first-order chi connectivity index (χ1) is 7.45. The molecule has 2 aromatic carbocycles. The van der Waals surface area contributed by atoms with Crippen LogP contribution in [-0.2, 0) is 0 Å². The van der Waals surface area contributed by atoms with Crippen LogP contribution in [0.4, 0.5) is 0 Å². The van der Waals surface area contributed by atoms with E-state index in [9.17, 15) is 0 Å². The van der Waals surface area contributed by atoms with E-state index in [1.807, 2.05) is 42.5 Å². The molecule has 1 aromatic heterocycles. The molecule has 1 heterocycles. The van der Waals surface area contributed by atoms with Gasteiger partial charge in [-0.15, -0.1) is 0 Å². The Hall–Kier alpha value is -2.02. The first-order valence-corrected chi connectivity index (χ1v) is 4.88. The number of para-hydroxylation sites is 1. The van der Waals surface area contributed by atoms with Crippen LogP contribution in [0.3, 0.4) is 0 Å². The van der Waals surface area contributed by atoms with Crippen LogP contribution < -0.4 is 0 Å². The highest BCUT2D eigenvalue weighted by molar-refractivity contribution is 5.92. The summed E-state index contributed by atoms with van der Waals surface area (Å²) in [6.07, 6.45) is 1.72. The van der Waals surface area contributed by atoms with Gasteiger partial charge in [-0.05, 0) is 17.7 Å². The summed E-state index contributed by atoms with van der Waals surface area (Å²) in [5.41, 5.74) is 3.09. The van der Waals surface area contributed by atoms with E-state index in [0.29, 0.717) is 0 Å². The van der Waals surface area contributed by atoms with Crippen LogP contribution in [0.1, 0.15) is 0 Å². The molecule has 1 heteroatoms. The molecular formula is C14H9O. The summed E-state index contributed by atoms with van der Waals surface area (Å²) in [5, 5.41) is 1.13. The third kappa shape index (κ3) is 1.33. The van der Waals surface area contributed by atoms with Crippen LogP contribution in [-0.4, -0.2) is 0 Å². The van der Waals surface area contributed by atoms with Crippen molar-refractivity contribution in [2.45, 2.75) is 0 Å². The van der Waals surface area contributed by atoms with E-state index >= 15 is 0 Å². The highest BCUT2D eigenvalue weighted by Gasteiger charge is 2.05. The lowest BCUT2D eigenvalue weighted by molar-refractivity contribution is 0.617. The van der Waals surface area contributed by atoms with Gasteiger partial charge in [-0.2, -0.15) is 0 Å². The fourth-order valence-corrected chi connectivity index (χ4v) is 1.77. The van der Waals surface area contributed by atoms with Crippen LogP contribution >= 0.6 is 0 Å². The van der Waals surface area contributed by atoms with Crippen molar-refractivity contribution in [1.82, 2.24) is 0 Å². The number of hydrogen-bond acceptors (Lipinski definition) is 1. The molecule has 0 fully saturated rings. The minimum absolute atomic E-state index is 0.931. The average Bonchev–Trinajstić information content (AvgIpc) is 2.78. The van der Waals surface area contributed by atoms with E-state index in [0.717, 1.165) is 22.1 Å². The molecule has 1 nitrogen and oxygen atoms in total. The number of fused-ring (bicyclic) bond motifs is 1. The molecule has 0 atom stereocenters. The van der Waals surface area contributed by atoms with Crippen molar-refractivity contribution >= 4 is 11.0 Å². The van der Waals surface area contributed by atoms with Crippen molar-refractivity contribution in [3.05, 3.63) is 60.9 Å². The zero-order chi connectivity index (χ0) is 10.1. The molecule has 0 N–H and O–H groups in total. The lowest BCUT2D eigenvalue weighted by atomic mass is 10.0. The normalized spacial score (nSPS) is 10.7. The quantitative estimate of drug-likeness (QED) is 0.571. The van der Waals surface area contributed by atoms with E-state index in [-0.39, 0.29) is 0 Å². The van der Waals surface area contributed by atoms with Gasteiger partial charge in [-0.25, -0.2) is 0 Å². The van der Waals surface area contributed by atoms with Crippen molar-refractivity contribution in [1.29, 1.82) is 0 Å². The lowest BCUT2D eigenvalue weighted by Crippen LogP contribution is -1.77. The first kappa shape index (κ1) is 8.30. The van der Waals surface area contributed by atoms with E-state index in [1.54, 1.807) is 6.26 Å². The fourth-order valence-electron chi connectivity index (χ4n) is 1.77. The maximum atomic E-state index is 5.48. The van der Waals surface area contributed by atoms with Gasteiger partial charge in [-0.1, -0.05) is 42.5 Å². The first-order valence-electron chi connectivity index (χ1n) is 4.88. The summed E-state index contributed by atoms with van der Waals surface area (Å²) in [7, 11) is 0. The Morgan fingerprint density at radius 1 is 0.933 bits per heavy atom. The molecule has 0 aliphatic rings. The third-order valence-electron chi connectivity index (χ3n) is 2.48. The highest BCUT2D eigenvalue weighted by Crippen LogP contribution is 2.28. The molecule has 0 saturated carbocycles. The molecule has 15 heavy (non-hydrogen) atoms. The molecule has 0 saturated heterocycles. The number of furan rings is 1. The van der Waals surface area contributed by atoms with Gasteiger partial charge in [0.2, 0.25) is 0 Å². The molecule has 0 bridgehead atoms. The van der Waals surface area contributed by atoms with Crippen molar-refractivity contribution in [2.24, 2.45) is 0 Å². The molecule has 0 aliphatic carbocycles. The topological polar surface area (TPSA) is 13.1 Å². The molecule has 0 spiro atoms. The molecule has 71 valence electrons. The zero-order valence-corrected chi connectivity index (χ0v) is 8.10. The highest BCUT2D eigenvalue weighted by atomic mass is 16.3. The minimum Gasteiger partial charge on any atom is -0.464 e. The van der Waals surface area contributed by atoms with E-state index in [2.05, 4.69) is 12.1 Å². The van der Waals surface area contributed by atoms with Gasteiger partial charge in [-0.3, -0.25) is 0 Å². The minimum atomic E-state index is 0.931. The van der Waals surface area contributed by atoms with Crippen LogP contribution in [0.5, 0.6) is 0 Å². The van der Waals surface area contributed by atoms with Crippen molar-refractivity contribution < 1.29 is 4.42 Å². The lowest BCUT2D eigenvalue weighted by Gasteiger charge is -2.00. The number of rotatable bonds is 1. The summed E-state index contributed by atoms with van der Waals surface area (Å²) in [6, 6.07) is 19.2. The van der Waals surface area contributed by atoms with E-state index in [1.165, 1.54) is 0 Å². The molecule has 0 unspecified atom stereocenters. The Bertz CT molecular complexity index is 578. The maximum Gasteiger partial charge on any atom is 0.141 e. The number of benzene rings is 2.